The van der Waals surface area contributed by atoms with Crippen molar-refractivity contribution in [1.82, 2.24) is 4.98 Å². The van der Waals surface area contributed by atoms with E-state index in [2.05, 4.69) is 41.5 Å². The van der Waals surface area contributed by atoms with Gasteiger partial charge in [-0.05, 0) is 37.8 Å². The van der Waals surface area contributed by atoms with Gasteiger partial charge in [0.1, 0.15) is 0 Å². The summed E-state index contributed by atoms with van der Waals surface area (Å²) in [6.07, 6.45) is 4.18. The fourth-order valence-electron chi connectivity index (χ4n) is 2.80. The summed E-state index contributed by atoms with van der Waals surface area (Å²) in [7, 11) is 0. The zero-order chi connectivity index (χ0) is 13.1. The van der Waals surface area contributed by atoms with Gasteiger partial charge in [-0.3, -0.25) is 4.98 Å². The van der Waals surface area contributed by atoms with Crippen molar-refractivity contribution in [2.24, 2.45) is 5.92 Å². The second-order valence-electron chi connectivity index (χ2n) is 5.26. The van der Waals surface area contributed by atoms with Gasteiger partial charge in [0.15, 0.2) is 0 Å². The maximum absolute atomic E-state index is 5.43. The average Bonchev–Trinajstić information content (AvgIpc) is 2.48. The van der Waals surface area contributed by atoms with E-state index in [1.807, 2.05) is 12.3 Å². The lowest BCUT2D eigenvalue weighted by Crippen LogP contribution is -2.31. The van der Waals surface area contributed by atoms with Crippen LogP contribution in [0.5, 0.6) is 0 Å². The molecule has 2 aromatic rings. The van der Waals surface area contributed by atoms with Crippen LogP contribution >= 0.6 is 0 Å². The molecule has 1 fully saturated rings. The number of nitrogens with zero attached hydrogens (tertiary/aromatic N) is 1. The zero-order valence-electron chi connectivity index (χ0n) is 11.3. The van der Waals surface area contributed by atoms with Crippen LogP contribution in [0.3, 0.4) is 0 Å². The topological polar surface area (TPSA) is 34.2 Å². The van der Waals surface area contributed by atoms with E-state index in [0.29, 0.717) is 12.0 Å². The average molecular weight is 256 g/mol. The molecule has 0 aliphatic carbocycles. The molecule has 1 N–H and O–H groups in total. The molecule has 19 heavy (non-hydrogen) atoms. The van der Waals surface area contributed by atoms with Crippen LogP contribution in [0.2, 0.25) is 0 Å². The standard InChI is InChI=1S/C16H20N2O/c1-12(13-7-10-19-11-8-13)18-16-6-9-17-15-5-3-2-4-14(15)16/h2-6,9,12-13H,7-8,10-11H2,1H3,(H,17,18). The van der Waals surface area contributed by atoms with Crippen LogP contribution < -0.4 is 5.32 Å². The summed E-state index contributed by atoms with van der Waals surface area (Å²) in [5, 5.41) is 4.86. The first kappa shape index (κ1) is 12.4. The van der Waals surface area contributed by atoms with Gasteiger partial charge in [0.2, 0.25) is 0 Å². The Morgan fingerprint density at radius 2 is 2.00 bits per heavy atom. The Morgan fingerprint density at radius 3 is 2.84 bits per heavy atom. The van der Waals surface area contributed by atoms with Crippen molar-refractivity contribution in [2.45, 2.75) is 25.8 Å². The molecule has 0 saturated carbocycles. The maximum atomic E-state index is 5.43. The molecule has 1 aromatic heterocycles. The lowest BCUT2D eigenvalue weighted by atomic mass is 9.92. The van der Waals surface area contributed by atoms with Crippen LogP contribution in [0.4, 0.5) is 5.69 Å². The zero-order valence-corrected chi connectivity index (χ0v) is 11.3. The SMILES string of the molecule is CC(Nc1ccnc2ccccc12)C1CCOCC1. The number of fused-ring (bicyclic) bond motifs is 1. The molecular formula is C16H20N2O. The fraction of sp³-hybridized carbons (Fsp3) is 0.438. The van der Waals surface area contributed by atoms with Crippen LogP contribution in [-0.4, -0.2) is 24.2 Å². The van der Waals surface area contributed by atoms with E-state index >= 15 is 0 Å². The van der Waals surface area contributed by atoms with Gasteiger partial charge in [-0.2, -0.15) is 0 Å². The Kier molecular flexibility index (Phi) is 3.65. The van der Waals surface area contributed by atoms with Crippen molar-refractivity contribution in [3.05, 3.63) is 36.5 Å². The number of rotatable bonds is 3. The predicted octanol–water partition coefficient (Wildman–Crippen LogP) is 3.46. The van der Waals surface area contributed by atoms with Crippen LogP contribution in [0, 0.1) is 5.92 Å². The third kappa shape index (κ3) is 2.71. The Bertz CT molecular complexity index is 544. The van der Waals surface area contributed by atoms with Crippen LogP contribution in [0.15, 0.2) is 36.5 Å². The molecule has 0 radical (unpaired) electrons. The van der Waals surface area contributed by atoms with E-state index in [1.54, 1.807) is 0 Å². The second-order valence-corrected chi connectivity index (χ2v) is 5.26. The summed E-state index contributed by atoms with van der Waals surface area (Å²) in [5.74, 6) is 0.695. The van der Waals surface area contributed by atoms with Crippen molar-refractivity contribution >= 4 is 16.6 Å². The number of pyridine rings is 1. The van der Waals surface area contributed by atoms with Crippen molar-refractivity contribution in [1.29, 1.82) is 0 Å². The Hall–Kier alpha value is -1.61. The lowest BCUT2D eigenvalue weighted by Gasteiger charge is -2.29. The molecule has 1 atom stereocenters. The molecule has 0 spiro atoms. The number of nitrogens with one attached hydrogen (secondary N) is 1. The molecule has 100 valence electrons. The van der Waals surface area contributed by atoms with Gasteiger partial charge in [0.05, 0.1) is 5.52 Å². The molecule has 3 heteroatoms. The highest BCUT2D eigenvalue weighted by atomic mass is 16.5. The van der Waals surface area contributed by atoms with Crippen LogP contribution in [0.1, 0.15) is 19.8 Å². The first-order valence-electron chi connectivity index (χ1n) is 7.02. The van der Waals surface area contributed by atoms with E-state index in [9.17, 15) is 0 Å². The molecule has 1 aliphatic heterocycles. The summed E-state index contributed by atoms with van der Waals surface area (Å²) >= 11 is 0. The highest BCUT2D eigenvalue weighted by Gasteiger charge is 2.20. The second kappa shape index (κ2) is 5.57. The molecule has 1 saturated heterocycles. The largest absolute Gasteiger partial charge is 0.382 e. The molecule has 0 amide bonds. The first-order valence-corrected chi connectivity index (χ1v) is 7.02. The lowest BCUT2D eigenvalue weighted by molar-refractivity contribution is 0.0622. The van der Waals surface area contributed by atoms with Gasteiger partial charge in [-0.15, -0.1) is 0 Å². The number of para-hydroxylation sites is 1. The quantitative estimate of drug-likeness (QED) is 0.913. The minimum atomic E-state index is 0.467. The third-order valence-electron chi connectivity index (χ3n) is 4.01. The van der Waals surface area contributed by atoms with E-state index in [1.165, 1.54) is 11.1 Å². The van der Waals surface area contributed by atoms with Gasteiger partial charge >= 0.3 is 0 Å². The summed E-state index contributed by atoms with van der Waals surface area (Å²) < 4.78 is 5.43. The molecule has 3 nitrogen and oxygen atoms in total. The summed E-state index contributed by atoms with van der Waals surface area (Å²) in [6.45, 7) is 4.06. The highest BCUT2D eigenvalue weighted by molar-refractivity contribution is 5.90. The van der Waals surface area contributed by atoms with E-state index in [4.69, 9.17) is 4.74 Å². The Labute approximate surface area is 114 Å². The van der Waals surface area contributed by atoms with Crippen molar-refractivity contribution in [3.8, 4) is 0 Å². The van der Waals surface area contributed by atoms with Gasteiger partial charge in [0.25, 0.3) is 0 Å². The van der Waals surface area contributed by atoms with Crippen molar-refractivity contribution < 1.29 is 4.74 Å². The first-order chi connectivity index (χ1) is 9.34. The minimum Gasteiger partial charge on any atom is -0.382 e. The normalized spacial score (nSPS) is 18.4. The molecule has 0 bridgehead atoms. The van der Waals surface area contributed by atoms with Gasteiger partial charge in [0, 0.05) is 36.5 Å². The third-order valence-corrected chi connectivity index (χ3v) is 4.01. The Morgan fingerprint density at radius 1 is 1.21 bits per heavy atom. The highest BCUT2D eigenvalue weighted by Crippen LogP contribution is 2.26. The number of anilines is 1. The van der Waals surface area contributed by atoms with E-state index in [0.717, 1.165) is 31.6 Å². The molecule has 1 aromatic carbocycles. The van der Waals surface area contributed by atoms with Gasteiger partial charge in [-0.1, -0.05) is 18.2 Å². The summed E-state index contributed by atoms with van der Waals surface area (Å²) in [6, 6.07) is 10.8. The number of ether oxygens (including phenoxy) is 1. The minimum absolute atomic E-state index is 0.467. The number of hydrogen-bond acceptors (Lipinski definition) is 3. The van der Waals surface area contributed by atoms with Crippen molar-refractivity contribution in [2.75, 3.05) is 18.5 Å². The Balaban J connectivity index is 1.80. The molecule has 2 heterocycles. The molecule has 1 unspecified atom stereocenters. The summed E-state index contributed by atoms with van der Waals surface area (Å²) in [5.41, 5.74) is 2.23. The van der Waals surface area contributed by atoms with E-state index in [-0.39, 0.29) is 0 Å². The van der Waals surface area contributed by atoms with Crippen LogP contribution in [0.25, 0.3) is 10.9 Å². The van der Waals surface area contributed by atoms with Crippen LogP contribution in [-0.2, 0) is 4.74 Å². The molecule has 3 rings (SSSR count). The molecular weight excluding hydrogens is 236 g/mol. The van der Waals surface area contributed by atoms with Gasteiger partial charge in [-0.25, -0.2) is 0 Å². The van der Waals surface area contributed by atoms with Gasteiger partial charge < -0.3 is 10.1 Å². The number of hydrogen-bond donors (Lipinski definition) is 1. The smallest absolute Gasteiger partial charge is 0.0722 e. The number of aromatic nitrogens is 1. The predicted molar refractivity (Wildman–Crippen MR) is 78.4 cm³/mol. The number of benzene rings is 1. The summed E-state index contributed by atoms with van der Waals surface area (Å²) in [4.78, 5) is 4.40. The maximum Gasteiger partial charge on any atom is 0.0722 e. The van der Waals surface area contributed by atoms with Crippen molar-refractivity contribution in [3.63, 3.8) is 0 Å². The fourth-order valence-corrected chi connectivity index (χ4v) is 2.80. The molecule has 1 aliphatic rings. The monoisotopic (exact) mass is 256 g/mol. The van der Waals surface area contributed by atoms with E-state index < -0.39 is 0 Å².